The highest BCUT2D eigenvalue weighted by Gasteiger charge is 2.35. The highest BCUT2D eigenvalue weighted by molar-refractivity contribution is 7.12. The lowest BCUT2D eigenvalue weighted by atomic mass is 9.93. The van der Waals surface area contributed by atoms with Gasteiger partial charge in [-0.2, -0.15) is 0 Å². The van der Waals surface area contributed by atoms with Gasteiger partial charge in [-0.1, -0.05) is 53.8 Å². The summed E-state index contributed by atoms with van der Waals surface area (Å²) in [5, 5.41) is 3.99. The van der Waals surface area contributed by atoms with E-state index in [1.165, 1.54) is 0 Å². The van der Waals surface area contributed by atoms with Gasteiger partial charge in [-0.05, 0) is 28.6 Å². The van der Waals surface area contributed by atoms with Crippen LogP contribution in [0.3, 0.4) is 0 Å². The number of hydrogen-bond acceptors (Lipinski definition) is 4. The maximum Gasteiger partial charge on any atom is 0.265 e. The summed E-state index contributed by atoms with van der Waals surface area (Å²) in [6.07, 6.45) is 0.462. The molecule has 1 atom stereocenters. The maximum absolute atomic E-state index is 13.3. The molecule has 5 nitrogen and oxygen atoms in total. The summed E-state index contributed by atoms with van der Waals surface area (Å²) in [4.78, 5) is 40.0. The zero-order valence-electron chi connectivity index (χ0n) is 14.8. The number of rotatable bonds is 2. The Kier molecular flexibility index (Phi) is 4.49. The molecule has 0 saturated carbocycles. The van der Waals surface area contributed by atoms with E-state index in [0.717, 1.165) is 27.8 Å². The zero-order chi connectivity index (χ0) is 19.0. The molecule has 136 valence electrons. The smallest absolute Gasteiger partial charge is 0.265 e. The Bertz CT molecular complexity index is 1110. The highest BCUT2D eigenvalue weighted by atomic mass is 32.1. The van der Waals surface area contributed by atoms with Gasteiger partial charge >= 0.3 is 0 Å². The summed E-state index contributed by atoms with van der Waals surface area (Å²) >= 11 is 0.933. The molecular formula is C21H18N2O3S. The Balaban J connectivity index is 1.77. The van der Waals surface area contributed by atoms with Crippen LogP contribution in [0.25, 0.3) is 10.8 Å². The number of nitrogens with one attached hydrogen (secondary N) is 1. The molecule has 0 fully saturated rings. The summed E-state index contributed by atoms with van der Waals surface area (Å²) in [6, 6.07) is 16.2. The molecule has 2 aromatic carbocycles. The lowest BCUT2D eigenvalue weighted by Crippen LogP contribution is -2.51. The number of likely N-dealkylation sites (N-methyl/N-ethyl adjacent to an activating group) is 1. The van der Waals surface area contributed by atoms with E-state index in [1.54, 1.807) is 30.1 Å². The Morgan fingerprint density at radius 2 is 1.78 bits per heavy atom. The van der Waals surface area contributed by atoms with Gasteiger partial charge in [-0.3, -0.25) is 14.4 Å². The first kappa shape index (κ1) is 17.4. The van der Waals surface area contributed by atoms with Crippen molar-refractivity contribution in [2.45, 2.75) is 19.0 Å². The summed E-state index contributed by atoms with van der Waals surface area (Å²) in [7, 11) is 1.57. The number of benzene rings is 2. The fourth-order valence-corrected chi connectivity index (χ4v) is 4.40. The quantitative estimate of drug-likeness (QED) is 0.745. The molecule has 0 saturated heterocycles. The molecule has 4 rings (SSSR count). The maximum atomic E-state index is 13.3. The Hall–Kier alpha value is -2.99. The van der Waals surface area contributed by atoms with Gasteiger partial charge in [0.2, 0.25) is 10.6 Å². The average molecular weight is 378 g/mol. The van der Waals surface area contributed by atoms with E-state index in [9.17, 15) is 14.4 Å². The minimum Gasteiger partial charge on any atom is -0.357 e. The molecular weight excluding hydrogens is 360 g/mol. The van der Waals surface area contributed by atoms with Crippen molar-refractivity contribution >= 4 is 33.9 Å². The second-order valence-electron chi connectivity index (χ2n) is 6.52. The fourth-order valence-electron chi connectivity index (χ4n) is 3.52. The fraction of sp³-hybridized carbons (Fsp3) is 0.190. The van der Waals surface area contributed by atoms with Crippen LogP contribution in [0.4, 0.5) is 0 Å². The van der Waals surface area contributed by atoms with Crippen LogP contribution < -0.4 is 10.1 Å². The molecule has 3 aromatic rings. The van der Waals surface area contributed by atoms with Gasteiger partial charge in [0.05, 0.1) is 4.88 Å². The second-order valence-corrected chi connectivity index (χ2v) is 7.54. The van der Waals surface area contributed by atoms with Crippen LogP contribution in [-0.4, -0.2) is 29.8 Å². The van der Waals surface area contributed by atoms with E-state index in [4.69, 9.17) is 0 Å². The second kappa shape index (κ2) is 6.96. The molecule has 1 aliphatic rings. The Morgan fingerprint density at radius 3 is 2.56 bits per heavy atom. The van der Waals surface area contributed by atoms with E-state index in [2.05, 4.69) is 5.32 Å². The minimum absolute atomic E-state index is 0.148. The summed E-state index contributed by atoms with van der Waals surface area (Å²) in [5.41, 5.74) is 2.10. The van der Waals surface area contributed by atoms with Gasteiger partial charge in [0.1, 0.15) is 6.04 Å². The topological polar surface area (TPSA) is 66.5 Å². The summed E-state index contributed by atoms with van der Waals surface area (Å²) in [5.74, 6) is -0.489. The van der Waals surface area contributed by atoms with Crippen LogP contribution >= 0.6 is 11.3 Å². The number of hydrogen-bond donors (Lipinski definition) is 1. The molecule has 1 unspecified atom stereocenters. The van der Waals surface area contributed by atoms with Crippen molar-refractivity contribution in [3.63, 3.8) is 0 Å². The number of fused-ring (bicyclic) bond motifs is 2. The number of carbonyl (C=O) groups excluding carboxylic acids is 2. The summed E-state index contributed by atoms with van der Waals surface area (Å²) in [6.45, 7) is 0.348. The molecule has 27 heavy (non-hydrogen) atoms. The number of carbonyl (C=O) groups is 2. The van der Waals surface area contributed by atoms with Crippen LogP contribution in [0, 0.1) is 0 Å². The van der Waals surface area contributed by atoms with Crippen molar-refractivity contribution in [2.24, 2.45) is 0 Å². The van der Waals surface area contributed by atoms with Crippen LogP contribution in [-0.2, 0) is 17.8 Å². The molecule has 0 bridgehead atoms. The normalized spacial score (nSPS) is 16.0. The van der Waals surface area contributed by atoms with Gasteiger partial charge in [0.25, 0.3) is 5.91 Å². The molecule has 6 heteroatoms. The standard InChI is InChI=1S/C21H18N2O3S/c1-22-19(24)17-10-13-6-2-3-8-15(13)12-23(17)20(25)18-11-14-7-4-5-9-16(14)21(26)27-18/h2-9,11,17H,10,12H2,1H3,(H,22,24). The van der Waals surface area contributed by atoms with Crippen LogP contribution in [0.2, 0.25) is 0 Å². The molecule has 1 N–H and O–H groups in total. The van der Waals surface area contributed by atoms with E-state index in [1.807, 2.05) is 36.4 Å². The molecule has 2 heterocycles. The van der Waals surface area contributed by atoms with Gasteiger partial charge in [0, 0.05) is 25.4 Å². The predicted octanol–water partition coefficient (Wildman–Crippen LogP) is 2.57. The van der Waals surface area contributed by atoms with Crippen molar-refractivity contribution in [1.29, 1.82) is 0 Å². The van der Waals surface area contributed by atoms with E-state index in [-0.39, 0.29) is 16.6 Å². The molecule has 2 amide bonds. The van der Waals surface area contributed by atoms with E-state index < -0.39 is 6.04 Å². The third-order valence-corrected chi connectivity index (χ3v) is 5.86. The van der Waals surface area contributed by atoms with Gasteiger partial charge in [-0.25, -0.2) is 0 Å². The lowest BCUT2D eigenvalue weighted by molar-refractivity contribution is -0.125. The van der Waals surface area contributed by atoms with Crippen molar-refractivity contribution in [3.8, 4) is 0 Å². The van der Waals surface area contributed by atoms with Crippen molar-refractivity contribution in [2.75, 3.05) is 7.05 Å². The van der Waals surface area contributed by atoms with Gasteiger partial charge in [-0.15, -0.1) is 0 Å². The molecule has 1 aromatic heterocycles. The zero-order valence-corrected chi connectivity index (χ0v) is 15.6. The van der Waals surface area contributed by atoms with Gasteiger partial charge in [0.15, 0.2) is 0 Å². The Labute approximate surface area is 160 Å². The van der Waals surface area contributed by atoms with E-state index in [0.29, 0.717) is 23.2 Å². The van der Waals surface area contributed by atoms with E-state index >= 15 is 0 Å². The first-order chi connectivity index (χ1) is 13.1. The first-order valence-electron chi connectivity index (χ1n) is 8.70. The molecule has 1 aliphatic heterocycles. The average Bonchev–Trinajstić information content (AvgIpc) is 2.71. The largest absolute Gasteiger partial charge is 0.357 e. The SMILES string of the molecule is CNC(=O)C1Cc2ccccc2CN1C(=O)c1cc2ccccc2c(=O)s1. The van der Waals surface area contributed by atoms with Crippen LogP contribution in [0.15, 0.2) is 59.4 Å². The van der Waals surface area contributed by atoms with Gasteiger partial charge < -0.3 is 10.2 Å². The minimum atomic E-state index is -0.592. The van der Waals surface area contributed by atoms with Crippen LogP contribution in [0.1, 0.15) is 20.8 Å². The lowest BCUT2D eigenvalue weighted by Gasteiger charge is -2.35. The first-order valence-corrected chi connectivity index (χ1v) is 9.52. The molecule has 0 spiro atoms. The highest BCUT2D eigenvalue weighted by Crippen LogP contribution is 2.26. The third-order valence-electron chi connectivity index (χ3n) is 4.94. The Morgan fingerprint density at radius 1 is 1.07 bits per heavy atom. The monoisotopic (exact) mass is 378 g/mol. The van der Waals surface area contributed by atoms with Crippen molar-refractivity contribution in [1.82, 2.24) is 10.2 Å². The van der Waals surface area contributed by atoms with Crippen molar-refractivity contribution < 1.29 is 9.59 Å². The number of amides is 2. The predicted molar refractivity (Wildman–Crippen MR) is 106 cm³/mol. The van der Waals surface area contributed by atoms with Crippen LogP contribution in [0.5, 0.6) is 0 Å². The molecule has 0 radical (unpaired) electrons. The molecule has 0 aliphatic carbocycles. The third kappa shape index (κ3) is 3.13. The summed E-state index contributed by atoms with van der Waals surface area (Å²) < 4.78 is -0.148. The number of nitrogens with zero attached hydrogens (tertiary/aromatic N) is 1. The van der Waals surface area contributed by atoms with Crippen molar-refractivity contribution in [3.05, 3.63) is 80.1 Å².